The van der Waals surface area contributed by atoms with Gasteiger partial charge in [-0.25, -0.2) is 0 Å². The van der Waals surface area contributed by atoms with Gasteiger partial charge in [0.15, 0.2) is 0 Å². The van der Waals surface area contributed by atoms with Crippen LogP contribution < -0.4 is 14.9 Å². The number of benzene rings is 1. The maximum Gasteiger partial charge on any atom is 2.00 e. The van der Waals surface area contributed by atoms with Crippen molar-refractivity contribution < 1.29 is 42.3 Å². The molecule has 0 saturated carbocycles. The van der Waals surface area contributed by atoms with Crippen molar-refractivity contribution in [3.63, 3.8) is 0 Å². The van der Waals surface area contributed by atoms with E-state index in [1.54, 1.807) is 6.07 Å². The summed E-state index contributed by atoms with van der Waals surface area (Å²) in [6.07, 6.45) is 1.21. The third-order valence-corrected chi connectivity index (χ3v) is 1.67. The molecule has 0 aliphatic heterocycles. The molecule has 7 heteroatoms. The molecule has 0 fully saturated rings. The van der Waals surface area contributed by atoms with Gasteiger partial charge in [0.05, 0.1) is 19.6 Å². The Morgan fingerprint density at radius 2 is 2.18 bits per heavy atom. The molecule has 0 aliphatic rings. The van der Waals surface area contributed by atoms with Crippen LogP contribution in [-0.2, 0) is 27.3 Å². The minimum atomic E-state index is -1.28. The summed E-state index contributed by atoms with van der Waals surface area (Å²) < 4.78 is 4.84. The van der Waals surface area contributed by atoms with Crippen LogP contribution in [-0.4, -0.2) is 25.8 Å². The minimum absolute atomic E-state index is 0. The van der Waals surface area contributed by atoms with Crippen molar-refractivity contribution in [3.05, 3.63) is 23.8 Å². The van der Waals surface area contributed by atoms with Crippen LogP contribution in [0.4, 0.5) is 0 Å². The van der Waals surface area contributed by atoms with Crippen LogP contribution in [0.15, 0.2) is 23.2 Å². The van der Waals surface area contributed by atoms with Gasteiger partial charge in [0.2, 0.25) is 0 Å². The first-order valence-electron chi connectivity index (χ1n) is 4.18. The fourth-order valence-corrected chi connectivity index (χ4v) is 0.967. The van der Waals surface area contributed by atoms with E-state index in [0.29, 0.717) is 11.3 Å². The monoisotopic (exact) mass is 289 g/mol. The SMILES string of the molecule is COc1ccc(C=NCC(=O)[O-])c([O-])c1.[Cu+2].[OH3+]. The molecule has 0 aliphatic carbocycles. The molecule has 1 radical (unpaired) electrons. The van der Waals surface area contributed by atoms with Crippen molar-refractivity contribution in [1.29, 1.82) is 0 Å². The van der Waals surface area contributed by atoms with E-state index in [2.05, 4.69) is 4.99 Å². The Balaban J connectivity index is 0. The topological polar surface area (TPSA) is 118 Å². The number of aliphatic imine (C=N–C) groups is 1. The first-order valence-corrected chi connectivity index (χ1v) is 4.18. The average Bonchev–Trinajstić information content (AvgIpc) is 2.20. The van der Waals surface area contributed by atoms with Crippen LogP contribution in [0.5, 0.6) is 11.5 Å². The van der Waals surface area contributed by atoms with E-state index in [4.69, 9.17) is 4.74 Å². The predicted octanol–water partition coefficient (Wildman–Crippen LogP) is -1.99. The van der Waals surface area contributed by atoms with Crippen molar-refractivity contribution in [2.24, 2.45) is 4.99 Å². The number of ether oxygens (including phenoxy) is 1. The van der Waals surface area contributed by atoms with E-state index in [0.717, 1.165) is 0 Å². The Morgan fingerprint density at radius 1 is 1.53 bits per heavy atom. The molecule has 0 bridgehead atoms. The van der Waals surface area contributed by atoms with E-state index in [-0.39, 0.29) is 28.3 Å². The zero-order valence-corrected chi connectivity index (χ0v) is 9.92. The van der Waals surface area contributed by atoms with Gasteiger partial charge in [-0.2, -0.15) is 0 Å². The standard InChI is InChI=1S/C10H11NO4.Cu.H2O/c1-15-8-3-2-7(9(12)4-8)5-11-6-10(13)14;;/h2-5,12H,6H2,1H3,(H,13,14);;1H2/q;+2;/p-1. The number of rotatable bonds is 4. The van der Waals surface area contributed by atoms with E-state index >= 15 is 0 Å². The zero-order chi connectivity index (χ0) is 11.3. The Morgan fingerprint density at radius 3 is 2.65 bits per heavy atom. The molecule has 1 aromatic carbocycles. The van der Waals surface area contributed by atoms with Crippen molar-refractivity contribution in [2.45, 2.75) is 0 Å². The molecular weight excluding hydrogens is 278 g/mol. The summed E-state index contributed by atoms with van der Waals surface area (Å²) in [6, 6.07) is 4.42. The number of methoxy groups -OCH3 is 1. The summed E-state index contributed by atoms with van der Waals surface area (Å²) in [4.78, 5) is 13.6. The van der Waals surface area contributed by atoms with Crippen LogP contribution in [0.25, 0.3) is 0 Å². The predicted molar refractivity (Wildman–Crippen MR) is 54.8 cm³/mol. The van der Waals surface area contributed by atoms with Gasteiger partial charge < -0.3 is 25.2 Å². The summed E-state index contributed by atoms with van der Waals surface area (Å²) in [6.45, 7) is -0.453. The summed E-state index contributed by atoms with van der Waals surface area (Å²) in [7, 11) is 1.46. The second kappa shape index (κ2) is 8.58. The van der Waals surface area contributed by atoms with Crippen LogP contribution >= 0.6 is 0 Å². The van der Waals surface area contributed by atoms with E-state index in [1.807, 2.05) is 0 Å². The Bertz CT molecular complexity index is 394. The van der Waals surface area contributed by atoms with Gasteiger partial charge in [-0.3, -0.25) is 4.99 Å². The average molecular weight is 290 g/mol. The number of carbonyl (C=O) groups is 1. The quantitative estimate of drug-likeness (QED) is 0.362. The van der Waals surface area contributed by atoms with E-state index < -0.39 is 12.5 Å². The molecule has 0 heterocycles. The number of hydrogen-bond acceptors (Lipinski definition) is 5. The Hall–Kier alpha value is -1.56. The first-order chi connectivity index (χ1) is 7.13. The number of carboxylic acids is 1. The van der Waals surface area contributed by atoms with Crippen molar-refractivity contribution in [1.82, 2.24) is 0 Å². The number of carboxylic acid groups (broad SMARTS) is 1. The van der Waals surface area contributed by atoms with Gasteiger partial charge in [-0.15, -0.1) is 0 Å². The normalized spacial score (nSPS) is 9.24. The molecular formula is C10H12CuNO5+. The molecule has 0 spiro atoms. The maximum absolute atomic E-state index is 11.3. The molecule has 0 saturated heterocycles. The van der Waals surface area contributed by atoms with Crippen molar-refractivity contribution in [3.8, 4) is 11.5 Å². The molecule has 17 heavy (non-hydrogen) atoms. The molecule has 1 rings (SSSR count). The fraction of sp³-hybridized carbons (Fsp3) is 0.200. The first kappa shape index (κ1) is 17.8. The summed E-state index contributed by atoms with van der Waals surface area (Å²) in [5.74, 6) is -1.10. The zero-order valence-electron chi connectivity index (χ0n) is 8.98. The number of carbonyl (C=O) groups excluding carboxylic acids is 1. The van der Waals surface area contributed by atoms with Crippen LogP contribution in [0.1, 0.15) is 5.56 Å². The van der Waals surface area contributed by atoms with Crippen molar-refractivity contribution >= 4 is 12.2 Å². The Labute approximate surface area is 109 Å². The summed E-state index contributed by atoms with van der Waals surface area (Å²) in [5.41, 5.74) is 0.317. The molecule has 0 aromatic heterocycles. The van der Waals surface area contributed by atoms with Gasteiger partial charge in [0.25, 0.3) is 0 Å². The van der Waals surface area contributed by atoms with E-state index in [9.17, 15) is 15.0 Å². The van der Waals surface area contributed by atoms with Crippen LogP contribution in [0.2, 0.25) is 0 Å². The number of hydrogen-bond donors (Lipinski definition) is 0. The fourth-order valence-electron chi connectivity index (χ4n) is 0.967. The maximum atomic E-state index is 11.3. The second-order valence-electron chi connectivity index (χ2n) is 2.75. The Kier molecular flexibility index (Phi) is 8.99. The molecule has 0 unspecified atom stereocenters. The summed E-state index contributed by atoms with van der Waals surface area (Å²) in [5, 5.41) is 21.4. The number of aliphatic carboxylic acids is 1. The van der Waals surface area contributed by atoms with Gasteiger partial charge in [0.1, 0.15) is 5.75 Å². The second-order valence-corrected chi connectivity index (χ2v) is 2.75. The summed E-state index contributed by atoms with van der Waals surface area (Å²) >= 11 is 0. The van der Waals surface area contributed by atoms with Gasteiger partial charge in [0, 0.05) is 6.21 Å². The van der Waals surface area contributed by atoms with E-state index in [1.165, 1.54) is 25.5 Å². The van der Waals surface area contributed by atoms with Gasteiger partial charge in [-0.1, -0.05) is 11.8 Å². The minimum Gasteiger partial charge on any atom is -0.872 e. The van der Waals surface area contributed by atoms with Gasteiger partial charge in [-0.05, 0) is 17.7 Å². The number of nitrogens with zero attached hydrogens (tertiary/aromatic N) is 1. The molecule has 0 atom stereocenters. The third kappa shape index (κ3) is 5.91. The van der Waals surface area contributed by atoms with Crippen LogP contribution in [0.3, 0.4) is 0 Å². The van der Waals surface area contributed by atoms with Gasteiger partial charge >= 0.3 is 17.1 Å². The van der Waals surface area contributed by atoms with Crippen molar-refractivity contribution in [2.75, 3.05) is 13.7 Å². The largest absolute Gasteiger partial charge is 2.00 e. The van der Waals surface area contributed by atoms with Crippen LogP contribution in [0, 0.1) is 0 Å². The molecule has 97 valence electrons. The third-order valence-electron chi connectivity index (χ3n) is 1.67. The molecule has 6 nitrogen and oxygen atoms in total. The molecule has 0 amide bonds. The molecule has 1 aromatic rings. The molecule has 3 N–H and O–H groups in total. The smallest absolute Gasteiger partial charge is 0.872 e.